The van der Waals surface area contributed by atoms with Crippen molar-refractivity contribution in [3.63, 3.8) is 0 Å². The molecule has 1 heterocycles. The van der Waals surface area contributed by atoms with Crippen LogP contribution < -0.4 is 5.32 Å². The third-order valence-electron chi connectivity index (χ3n) is 11.5. The lowest BCUT2D eigenvalue weighted by Crippen LogP contribution is -2.55. The average Bonchev–Trinajstić information content (AvgIpc) is 3.31. The SMILES string of the molecule is CCc1cc(-c2ccc(Cl)cc2)cc(CC)c1NC(=O)C1CC[C@H]2[C@@H]3CN=C4CC(=O)CC[C@]4(C)[C@@H]3CC[C@]12C. The van der Waals surface area contributed by atoms with E-state index >= 15 is 0 Å². The molecule has 3 fully saturated rings. The summed E-state index contributed by atoms with van der Waals surface area (Å²) in [7, 11) is 0. The smallest absolute Gasteiger partial charge is 0.228 e. The summed E-state index contributed by atoms with van der Waals surface area (Å²) in [5.74, 6) is 2.20. The molecule has 1 aliphatic heterocycles. The van der Waals surface area contributed by atoms with Gasteiger partial charge in [0.05, 0.1) is 0 Å². The van der Waals surface area contributed by atoms with E-state index in [4.69, 9.17) is 16.6 Å². The first-order valence-corrected chi connectivity index (χ1v) is 15.8. The maximum absolute atomic E-state index is 14.1. The minimum Gasteiger partial charge on any atom is -0.325 e. The quantitative estimate of drug-likeness (QED) is 0.401. The molecule has 3 aliphatic carbocycles. The number of carbonyl (C=O) groups is 2. The number of amides is 1. The Labute approximate surface area is 244 Å². The van der Waals surface area contributed by atoms with Crippen LogP contribution in [0.2, 0.25) is 5.02 Å². The number of fused-ring (bicyclic) bond motifs is 5. The fraction of sp³-hybridized carbons (Fsp3) is 0.571. The van der Waals surface area contributed by atoms with Crippen LogP contribution in [0.15, 0.2) is 41.4 Å². The minimum atomic E-state index is 0.00111. The van der Waals surface area contributed by atoms with Gasteiger partial charge in [0.25, 0.3) is 0 Å². The van der Waals surface area contributed by atoms with Crippen LogP contribution in [0, 0.1) is 34.5 Å². The van der Waals surface area contributed by atoms with E-state index in [1.54, 1.807) is 0 Å². The molecule has 1 unspecified atom stereocenters. The molecule has 2 aromatic rings. The molecule has 212 valence electrons. The lowest BCUT2D eigenvalue weighted by molar-refractivity contribution is -0.127. The predicted molar refractivity (Wildman–Crippen MR) is 164 cm³/mol. The van der Waals surface area contributed by atoms with Gasteiger partial charge in [0, 0.05) is 47.1 Å². The molecule has 0 radical (unpaired) electrons. The summed E-state index contributed by atoms with van der Waals surface area (Å²) in [5, 5.41) is 4.21. The summed E-state index contributed by atoms with van der Waals surface area (Å²) in [5.41, 5.74) is 6.94. The van der Waals surface area contributed by atoms with Crippen LogP contribution in [-0.2, 0) is 22.4 Å². The van der Waals surface area contributed by atoms with Crippen molar-refractivity contribution in [2.45, 2.75) is 85.5 Å². The second-order valence-corrected chi connectivity index (χ2v) is 13.8. The van der Waals surface area contributed by atoms with Crippen molar-refractivity contribution in [2.24, 2.45) is 39.5 Å². The van der Waals surface area contributed by atoms with Crippen LogP contribution in [0.25, 0.3) is 11.1 Å². The topological polar surface area (TPSA) is 58.5 Å². The van der Waals surface area contributed by atoms with Gasteiger partial charge in [-0.1, -0.05) is 51.4 Å². The van der Waals surface area contributed by atoms with Crippen molar-refractivity contribution >= 4 is 34.7 Å². The highest BCUT2D eigenvalue weighted by Crippen LogP contribution is 2.63. The number of ketones is 1. The van der Waals surface area contributed by atoms with Crippen molar-refractivity contribution in [2.75, 3.05) is 11.9 Å². The molecule has 1 amide bonds. The Balaban J connectivity index is 1.25. The first-order valence-electron chi connectivity index (χ1n) is 15.5. The van der Waals surface area contributed by atoms with E-state index in [0.29, 0.717) is 36.4 Å². The number of Topliss-reactive ketones (excluding diaryl/α,β-unsaturated/α-hetero) is 1. The molecule has 0 spiro atoms. The van der Waals surface area contributed by atoms with Gasteiger partial charge < -0.3 is 5.32 Å². The van der Waals surface area contributed by atoms with Gasteiger partial charge in [-0.3, -0.25) is 14.6 Å². The van der Waals surface area contributed by atoms with Gasteiger partial charge in [-0.05, 0) is 115 Å². The summed E-state index contributed by atoms with van der Waals surface area (Å²) in [4.78, 5) is 31.3. The Hall–Kier alpha value is -2.46. The maximum Gasteiger partial charge on any atom is 0.228 e. The van der Waals surface area contributed by atoms with Gasteiger partial charge in [-0.2, -0.15) is 0 Å². The fourth-order valence-corrected chi connectivity index (χ4v) is 9.27. The third kappa shape index (κ3) is 4.46. The zero-order valence-corrected chi connectivity index (χ0v) is 25.2. The second-order valence-electron chi connectivity index (χ2n) is 13.3. The van der Waals surface area contributed by atoms with Gasteiger partial charge in [0.1, 0.15) is 5.78 Å². The van der Waals surface area contributed by atoms with E-state index in [-0.39, 0.29) is 22.7 Å². The van der Waals surface area contributed by atoms with Gasteiger partial charge in [-0.25, -0.2) is 0 Å². The highest BCUT2D eigenvalue weighted by Gasteiger charge is 2.60. The molecule has 3 saturated carbocycles. The van der Waals surface area contributed by atoms with Crippen LogP contribution in [0.1, 0.15) is 83.8 Å². The summed E-state index contributed by atoms with van der Waals surface area (Å²) in [6, 6.07) is 12.5. The van der Waals surface area contributed by atoms with Gasteiger partial charge in [0.2, 0.25) is 5.91 Å². The summed E-state index contributed by atoms with van der Waals surface area (Å²) >= 11 is 6.13. The van der Waals surface area contributed by atoms with E-state index in [2.05, 4.69) is 57.3 Å². The Morgan fingerprint density at radius 2 is 1.68 bits per heavy atom. The lowest BCUT2D eigenvalue weighted by Gasteiger charge is -2.56. The Morgan fingerprint density at radius 1 is 0.975 bits per heavy atom. The molecule has 0 bridgehead atoms. The van der Waals surface area contributed by atoms with E-state index < -0.39 is 0 Å². The monoisotopic (exact) mass is 558 g/mol. The number of hydrogen-bond donors (Lipinski definition) is 1. The standard InChI is InChI=1S/C35H43ClN2O2/c1-5-21-17-24(23-7-9-25(36)10-8-23)18-22(6-2)32(21)38-33(40)30-12-11-28-27-20-37-31-19-26(39)13-15-35(31,4)29(27)14-16-34(28,30)3/h7-10,17-18,27-30H,5-6,11-16,19-20H2,1-4H3,(H,38,40)/t27-,28-,29+,30?,34-,35+/m0/s1. The number of rotatable bonds is 5. The number of halogens is 1. The zero-order valence-electron chi connectivity index (χ0n) is 24.5. The highest BCUT2D eigenvalue weighted by atomic mass is 35.5. The number of aliphatic imine (C=N–C) groups is 1. The summed E-state index contributed by atoms with van der Waals surface area (Å²) in [6.45, 7) is 9.94. The summed E-state index contributed by atoms with van der Waals surface area (Å²) in [6.07, 6.45) is 8.21. The molecule has 0 aromatic heterocycles. The first-order chi connectivity index (χ1) is 19.2. The number of benzene rings is 2. The zero-order chi connectivity index (χ0) is 28.2. The van der Waals surface area contributed by atoms with Crippen LogP contribution >= 0.6 is 11.6 Å². The molecule has 1 N–H and O–H groups in total. The second kappa shape index (κ2) is 10.4. The highest BCUT2D eigenvalue weighted by molar-refractivity contribution is 6.30. The number of hydrogen-bond acceptors (Lipinski definition) is 3. The van der Waals surface area contributed by atoms with Crippen LogP contribution in [0.5, 0.6) is 0 Å². The van der Waals surface area contributed by atoms with Crippen molar-refractivity contribution in [1.82, 2.24) is 0 Å². The molecule has 0 saturated heterocycles. The van der Waals surface area contributed by atoms with E-state index in [9.17, 15) is 9.59 Å². The van der Waals surface area contributed by atoms with Gasteiger partial charge in [-0.15, -0.1) is 0 Å². The number of anilines is 1. The average molecular weight is 559 g/mol. The number of aryl methyl sites for hydroxylation is 2. The molecule has 2 aromatic carbocycles. The minimum absolute atomic E-state index is 0.00111. The molecule has 40 heavy (non-hydrogen) atoms. The van der Waals surface area contributed by atoms with Crippen LogP contribution in [0.4, 0.5) is 5.69 Å². The van der Waals surface area contributed by atoms with E-state index in [1.807, 2.05) is 12.1 Å². The van der Waals surface area contributed by atoms with Crippen molar-refractivity contribution in [3.05, 3.63) is 52.5 Å². The molecule has 4 aliphatic rings. The van der Waals surface area contributed by atoms with Gasteiger partial charge in [0.15, 0.2) is 0 Å². The summed E-state index contributed by atoms with van der Waals surface area (Å²) < 4.78 is 0. The van der Waals surface area contributed by atoms with Crippen molar-refractivity contribution < 1.29 is 9.59 Å². The van der Waals surface area contributed by atoms with E-state index in [1.165, 1.54) is 22.4 Å². The third-order valence-corrected chi connectivity index (χ3v) is 11.8. The molecule has 4 nitrogen and oxygen atoms in total. The number of carbonyl (C=O) groups excluding carboxylic acids is 2. The molecule has 6 rings (SSSR count). The number of nitrogens with zero attached hydrogens (tertiary/aromatic N) is 1. The number of nitrogens with one attached hydrogen (secondary N) is 1. The van der Waals surface area contributed by atoms with Crippen LogP contribution in [-0.4, -0.2) is 23.9 Å². The Kier molecular flexibility index (Phi) is 7.22. The van der Waals surface area contributed by atoms with Crippen LogP contribution in [0.3, 0.4) is 0 Å². The fourth-order valence-electron chi connectivity index (χ4n) is 9.14. The maximum atomic E-state index is 14.1. The van der Waals surface area contributed by atoms with E-state index in [0.717, 1.165) is 67.8 Å². The normalized spacial score (nSPS) is 33.0. The molecule has 5 heteroatoms. The first kappa shape index (κ1) is 27.7. The molecular formula is C35H43ClN2O2. The Morgan fingerprint density at radius 3 is 2.35 bits per heavy atom. The lowest BCUT2D eigenvalue weighted by atomic mass is 9.49. The van der Waals surface area contributed by atoms with Crippen molar-refractivity contribution in [3.8, 4) is 11.1 Å². The molecule has 6 atom stereocenters. The predicted octanol–water partition coefficient (Wildman–Crippen LogP) is 8.34. The van der Waals surface area contributed by atoms with Crippen molar-refractivity contribution in [1.29, 1.82) is 0 Å². The van der Waals surface area contributed by atoms with Gasteiger partial charge >= 0.3 is 0 Å². The Bertz CT molecular complexity index is 1340. The molecular weight excluding hydrogens is 516 g/mol. The largest absolute Gasteiger partial charge is 0.325 e.